The maximum Gasteiger partial charge on any atom is 0.139 e. The van der Waals surface area contributed by atoms with Crippen LogP contribution in [0.4, 0.5) is 0 Å². The summed E-state index contributed by atoms with van der Waals surface area (Å²) in [5, 5.41) is 0. The number of hydrogen-bond donors (Lipinski definition) is 0. The van der Waals surface area contributed by atoms with Crippen molar-refractivity contribution in [1.82, 2.24) is 0 Å². The van der Waals surface area contributed by atoms with Crippen LogP contribution in [0.3, 0.4) is 0 Å². The van der Waals surface area contributed by atoms with Gasteiger partial charge in [0.25, 0.3) is 0 Å². The van der Waals surface area contributed by atoms with Crippen LogP contribution in [-0.2, 0) is 4.79 Å². The molecule has 2 aliphatic carbocycles. The topological polar surface area (TPSA) is 17.1 Å². The highest BCUT2D eigenvalue weighted by Crippen LogP contribution is 2.66. The molecule has 0 amide bonds. The average Bonchev–Trinajstić information content (AvgIpc) is 2.91. The van der Waals surface area contributed by atoms with Gasteiger partial charge in [0, 0.05) is 11.8 Å². The van der Waals surface area contributed by atoms with E-state index in [1.807, 2.05) is 0 Å². The van der Waals surface area contributed by atoms with Gasteiger partial charge in [0.2, 0.25) is 0 Å². The molecular formula is C16H28O. The lowest BCUT2D eigenvalue weighted by Gasteiger charge is -2.51. The highest BCUT2D eigenvalue weighted by atomic mass is 16.1. The molecule has 4 atom stereocenters. The van der Waals surface area contributed by atoms with Gasteiger partial charge in [-0.25, -0.2) is 0 Å². The normalized spacial score (nSPS) is 43.4. The van der Waals surface area contributed by atoms with Gasteiger partial charge in [0.05, 0.1) is 0 Å². The van der Waals surface area contributed by atoms with Crippen LogP contribution in [0.2, 0.25) is 0 Å². The zero-order valence-electron chi connectivity index (χ0n) is 12.3. The van der Waals surface area contributed by atoms with E-state index in [9.17, 15) is 4.79 Å². The highest BCUT2D eigenvalue weighted by molar-refractivity contribution is 5.86. The second kappa shape index (κ2) is 3.83. The van der Waals surface area contributed by atoms with Crippen LogP contribution in [0.5, 0.6) is 0 Å². The second-order valence-corrected chi connectivity index (χ2v) is 7.76. The molecule has 0 saturated heterocycles. The molecule has 2 rings (SSSR count). The predicted octanol–water partition coefficient (Wildman–Crippen LogP) is 4.31. The van der Waals surface area contributed by atoms with E-state index < -0.39 is 0 Å². The molecule has 0 aromatic heterocycles. The van der Waals surface area contributed by atoms with Crippen molar-refractivity contribution in [2.24, 2.45) is 34.5 Å². The maximum atomic E-state index is 12.7. The SMILES string of the molecule is CC(C)CC(=O)[C@@]1(C)C(C)[C@H]2CC2CC1(C)C. The van der Waals surface area contributed by atoms with Crippen molar-refractivity contribution in [2.75, 3.05) is 0 Å². The Morgan fingerprint density at radius 2 is 1.88 bits per heavy atom. The number of ketones is 1. The minimum Gasteiger partial charge on any atom is -0.299 e. The third-order valence-electron chi connectivity index (χ3n) is 5.88. The lowest BCUT2D eigenvalue weighted by molar-refractivity contribution is -0.144. The first kappa shape index (κ1) is 13.1. The number of Topliss-reactive ketones (excluding diaryl/α,β-unsaturated/α-hetero) is 1. The summed E-state index contributed by atoms with van der Waals surface area (Å²) in [6.45, 7) is 13.5. The van der Waals surface area contributed by atoms with Crippen LogP contribution < -0.4 is 0 Å². The van der Waals surface area contributed by atoms with E-state index in [1.54, 1.807) is 0 Å². The summed E-state index contributed by atoms with van der Waals surface area (Å²) in [5.41, 5.74) is 0.0744. The summed E-state index contributed by atoms with van der Waals surface area (Å²) >= 11 is 0. The Morgan fingerprint density at radius 1 is 1.29 bits per heavy atom. The van der Waals surface area contributed by atoms with E-state index in [-0.39, 0.29) is 10.8 Å². The molecule has 0 spiro atoms. The van der Waals surface area contributed by atoms with Gasteiger partial charge in [-0.15, -0.1) is 0 Å². The van der Waals surface area contributed by atoms with E-state index in [0.717, 1.165) is 18.3 Å². The van der Waals surface area contributed by atoms with Crippen molar-refractivity contribution in [3.8, 4) is 0 Å². The fourth-order valence-electron chi connectivity index (χ4n) is 4.24. The largest absolute Gasteiger partial charge is 0.299 e. The van der Waals surface area contributed by atoms with Gasteiger partial charge < -0.3 is 0 Å². The molecule has 0 heterocycles. The molecular weight excluding hydrogens is 208 g/mol. The zero-order valence-corrected chi connectivity index (χ0v) is 12.3. The molecule has 2 unspecified atom stereocenters. The molecule has 0 bridgehead atoms. The van der Waals surface area contributed by atoms with E-state index in [4.69, 9.17) is 0 Å². The zero-order chi connectivity index (χ0) is 13.0. The number of carbonyl (C=O) groups excluding carboxylic acids is 1. The van der Waals surface area contributed by atoms with Gasteiger partial charge in [-0.3, -0.25) is 4.79 Å². The van der Waals surface area contributed by atoms with Crippen molar-refractivity contribution >= 4 is 5.78 Å². The molecule has 1 heteroatoms. The molecule has 1 nitrogen and oxygen atoms in total. The molecule has 0 radical (unpaired) electrons. The van der Waals surface area contributed by atoms with Crippen molar-refractivity contribution in [1.29, 1.82) is 0 Å². The summed E-state index contributed by atoms with van der Waals surface area (Å²) in [7, 11) is 0. The minimum atomic E-state index is -0.102. The monoisotopic (exact) mass is 236 g/mol. The molecule has 0 aromatic carbocycles. The standard InChI is InChI=1S/C16H28O/c1-10(2)7-14(17)16(6)11(3)13-8-12(13)9-15(16,4)5/h10-13H,7-9H2,1-6H3/t11?,12?,13-,16-/m1/s1. The van der Waals surface area contributed by atoms with Crippen LogP contribution in [0.25, 0.3) is 0 Å². The molecule has 2 saturated carbocycles. The van der Waals surface area contributed by atoms with Crippen molar-refractivity contribution in [2.45, 2.75) is 60.8 Å². The van der Waals surface area contributed by atoms with Gasteiger partial charge in [-0.1, -0.05) is 41.5 Å². The second-order valence-electron chi connectivity index (χ2n) is 7.76. The summed E-state index contributed by atoms with van der Waals surface area (Å²) in [6, 6.07) is 0. The number of fused-ring (bicyclic) bond motifs is 1. The van der Waals surface area contributed by atoms with Crippen LogP contribution in [0.15, 0.2) is 0 Å². The number of hydrogen-bond acceptors (Lipinski definition) is 1. The summed E-state index contributed by atoms with van der Waals surface area (Å²) in [6.07, 6.45) is 3.37. The van der Waals surface area contributed by atoms with Crippen LogP contribution in [-0.4, -0.2) is 5.78 Å². The maximum absolute atomic E-state index is 12.7. The lowest BCUT2D eigenvalue weighted by Crippen LogP contribution is -2.50. The van der Waals surface area contributed by atoms with Crippen LogP contribution >= 0.6 is 0 Å². The average molecular weight is 236 g/mol. The summed E-state index contributed by atoms with van der Waals surface area (Å²) in [5.74, 6) is 3.32. The van der Waals surface area contributed by atoms with E-state index in [2.05, 4.69) is 41.5 Å². The lowest BCUT2D eigenvalue weighted by atomic mass is 9.52. The van der Waals surface area contributed by atoms with Crippen LogP contribution in [0, 0.1) is 34.5 Å². The molecule has 0 aromatic rings. The van der Waals surface area contributed by atoms with E-state index >= 15 is 0 Å². The third kappa shape index (κ3) is 1.86. The Bertz CT molecular complexity index is 328. The third-order valence-corrected chi connectivity index (χ3v) is 5.88. The Labute approximate surface area is 106 Å². The molecule has 0 aliphatic heterocycles. The van der Waals surface area contributed by atoms with Gasteiger partial charge in [-0.2, -0.15) is 0 Å². The molecule has 0 N–H and O–H groups in total. The Hall–Kier alpha value is -0.330. The van der Waals surface area contributed by atoms with Crippen LogP contribution in [0.1, 0.15) is 60.8 Å². The van der Waals surface area contributed by atoms with Gasteiger partial charge in [0.1, 0.15) is 5.78 Å². The number of carbonyl (C=O) groups is 1. The first-order chi connectivity index (χ1) is 7.70. The predicted molar refractivity (Wildman–Crippen MR) is 71.7 cm³/mol. The summed E-state index contributed by atoms with van der Waals surface area (Å²) < 4.78 is 0. The minimum absolute atomic E-state index is 0.102. The van der Waals surface area contributed by atoms with Gasteiger partial charge >= 0.3 is 0 Å². The number of rotatable bonds is 3. The smallest absolute Gasteiger partial charge is 0.139 e. The molecule has 98 valence electrons. The first-order valence-corrected chi connectivity index (χ1v) is 7.23. The Balaban J connectivity index is 2.27. The van der Waals surface area contributed by atoms with E-state index in [1.165, 1.54) is 12.8 Å². The Morgan fingerprint density at radius 3 is 2.41 bits per heavy atom. The van der Waals surface area contributed by atoms with Gasteiger partial charge in [-0.05, 0) is 41.9 Å². The molecule has 2 aliphatic rings. The summed E-state index contributed by atoms with van der Waals surface area (Å²) in [4.78, 5) is 12.7. The fourth-order valence-corrected chi connectivity index (χ4v) is 4.24. The molecule has 2 fully saturated rings. The van der Waals surface area contributed by atoms with Crippen molar-refractivity contribution in [3.05, 3.63) is 0 Å². The quantitative estimate of drug-likeness (QED) is 0.713. The molecule has 17 heavy (non-hydrogen) atoms. The van der Waals surface area contributed by atoms with Crippen molar-refractivity contribution < 1.29 is 4.79 Å². The highest BCUT2D eigenvalue weighted by Gasteiger charge is 2.62. The fraction of sp³-hybridized carbons (Fsp3) is 0.938. The Kier molecular flexibility index (Phi) is 2.95. The first-order valence-electron chi connectivity index (χ1n) is 7.23. The van der Waals surface area contributed by atoms with Gasteiger partial charge in [0.15, 0.2) is 0 Å². The van der Waals surface area contributed by atoms with E-state index in [0.29, 0.717) is 17.6 Å². The van der Waals surface area contributed by atoms with Crippen molar-refractivity contribution in [3.63, 3.8) is 0 Å².